The second-order valence-corrected chi connectivity index (χ2v) is 5.77. The van der Waals surface area contributed by atoms with Crippen molar-refractivity contribution in [2.75, 3.05) is 11.4 Å². The molecule has 1 aromatic rings. The molecule has 8 heteroatoms. The van der Waals surface area contributed by atoms with Crippen molar-refractivity contribution < 1.29 is 17.8 Å². The van der Waals surface area contributed by atoms with Crippen molar-refractivity contribution in [3.05, 3.63) is 29.3 Å². The number of nitriles is 1. The molecule has 2 rings (SSSR count). The molecule has 0 spiro atoms. The first-order valence-electron chi connectivity index (χ1n) is 5.42. The second-order valence-electron chi connectivity index (χ2n) is 4.17. The summed E-state index contributed by atoms with van der Waals surface area (Å²) >= 11 is 0. The molecule has 0 radical (unpaired) electrons. The molecule has 0 aromatic heterocycles. The highest BCUT2D eigenvalue weighted by atomic mass is 32.2. The number of anilines is 1. The third-order valence-electron chi connectivity index (χ3n) is 3.03. The number of nitrogens with zero attached hydrogens (tertiary/aromatic N) is 2. The standard InChI is InChI=1S/C11H11N3O4S/c12-6-7-1-2-9-8(5-7)10(19(16,17)18)3-4-14(9)11(13)15/h1-2,5,10H,3-4H2,(H2,13,15)(H,16,17,18). The summed E-state index contributed by atoms with van der Waals surface area (Å²) in [5.41, 5.74) is 5.99. The highest BCUT2D eigenvalue weighted by Gasteiger charge is 2.35. The summed E-state index contributed by atoms with van der Waals surface area (Å²) in [5.74, 6) is 0. The van der Waals surface area contributed by atoms with Crippen molar-refractivity contribution in [2.45, 2.75) is 11.7 Å². The molecule has 1 aromatic carbocycles. The van der Waals surface area contributed by atoms with Gasteiger partial charge in [0.1, 0.15) is 5.25 Å². The van der Waals surface area contributed by atoms with Gasteiger partial charge in [-0.25, -0.2) is 4.79 Å². The lowest BCUT2D eigenvalue weighted by molar-refractivity contribution is 0.253. The monoisotopic (exact) mass is 281 g/mol. The van der Waals surface area contributed by atoms with Gasteiger partial charge in [0.25, 0.3) is 10.1 Å². The molecule has 1 aliphatic rings. The molecule has 1 aliphatic heterocycles. The van der Waals surface area contributed by atoms with Crippen LogP contribution in [0.25, 0.3) is 0 Å². The summed E-state index contributed by atoms with van der Waals surface area (Å²) in [6.45, 7) is 0.0959. The maximum absolute atomic E-state index is 11.4. The first-order valence-corrected chi connectivity index (χ1v) is 6.92. The zero-order chi connectivity index (χ0) is 14.2. The maximum atomic E-state index is 11.4. The summed E-state index contributed by atoms with van der Waals surface area (Å²) in [6, 6.07) is 5.44. The van der Waals surface area contributed by atoms with E-state index in [1.165, 1.54) is 23.1 Å². The number of primary amides is 1. The van der Waals surface area contributed by atoms with E-state index in [0.717, 1.165) is 0 Å². The highest BCUT2D eigenvalue weighted by Crippen LogP contribution is 2.38. The topological polar surface area (TPSA) is 124 Å². The number of amides is 2. The fourth-order valence-electron chi connectivity index (χ4n) is 2.19. The summed E-state index contributed by atoms with van der Waals surface area (Å²) < 4.78 is 32.0. The van der Waals surface area contributed by atoms with E-state index in [2.05, 4.69) is 0 Å². The second kappa shape index (κ2) is 4.53. The summed E-state index contributed by atoms with van der Waals surface area (Å²) in [7, 11) is -4.30. The Labute approximate surface area is 110 Å². The minimum Gasteiger partial charge on any atom is -0.351 e. The molecule has 2 amide bonds. The first kappa shape index (κ1) is 13.3. The molecule has 0 saturated heterocycles. The Morgan fingerprint density at radius 2 is 2.21 bits per heavy atom. The van der Waals surface area contributed by atoms with E-state index in [4.69, 9.17) is 11.0 Å². The van der Waals surface area contributed by atoms with Gasteiger partial charge < -0.3 is 5.73 Å². The van der Waals surface area contributed by atoms with E-state index in [0.29, 0.717) is 5.69 Å². The Hall–Kier alpha value is -2.11. The number of benzene rings is 1. The normalized spacial score (nSPS) is 18.5. The van der Waals surface area contributed by atoms with Crippen molar-refractivity contribution in [2.24, 2.45) is 5.73 Å². The zero-order valence-corrected chi connectivity index (χ0v) is 10.6. The molecule has 19 heavy (non-hydrogen) atoms. The van der Waals surface area contributed by atoms with E-state index in [9.17, 15) is 17.8 Å². The van der Waals surface area contributed by atoms with Gasteiger partial charge in [-0.05, 0) is 30.2 Å². The number of urea groups is 1. The number of nitrogens with two attached hydrogens (primary N) is 1. The number of fused-ring (bicyclic) bond motifs is 1. The van der Waals surface area contributed by atoms with Crippen molar-refractivity contribution in [3.8, 4) is 6.07 Å². The van der Waals surface area contributed by atoms with Gasteiger partial charge >= 0.3 is 6.03 Å². The van der Waals surface area contributed by atoms with Crippen molar-refractivity contribution in [3.63, 3.8) is 0 Å². The van der Waals surface area contributed by atoms with Crippen LogP contribution in [0.15, 0.2) is 18.2 Å². The predicted octanol–water partition coefficient (Wildman–Crippen LogP) is 0.776. The van der Waals surface area contributed by atoms with Crippen LogP contribution in [0.4, 0.5) is 10.5 Å². The van der Waals surface area contributed by atoms with Crippen molar-refractivity contribution in [1.82, 2.24) is 0 Å². The largest absolute Gasteiger partial charge is 0.351 e. The van der Waals surface area contributed by atoms with E-state index >= 15 is 0 Å². The fraction of sp³-hybridized carbons (Fsp3) is 0.273. The average molecular weight is 281 g/mol. The van der Waals surface area contributed by atoms with Crippen LogP contribution in [0.2, 0.25) is 0 Å². The number of carbonyl (C=O) groups excluding carboxylic acids is 1. The van der Waals surface area contributed by atoms with E-state index < -0.39 is 21.4 Å². The molecule has 0 bridgehead atoms. The lowest BCUT2D eigenvalue weighted by Gasteiger charge is -2.31. The highest BCUT2D eigenvalue weighted by molar-refractivity contribution is 7.86. The summed E-state index contributed by atoms with van der Waals surface area (Å²) in [5, 5.41) is 7.69. The van der Waals surface area contributed by atoms with Crippen LogP contribution in [-0.4, -0.2) is 25.5 Å². The lowest BCUT2D eigenvalue weighted by Crippen LogP contribution is -2.41. The van der Waals surface area contributed by atoms with Crippen LogP contribution in [0.1, 0.15) is 22.8 Å². The SMILES string of the molecule is N#Cc1ccc2c(c1)C(S(=O)(=O)O)CCN2C(N)=O. The lowest BCUT2D eigenvalue weighted by atomic mass is 9.99. The van der Waals surface area contributed by atoms with Crippen LogP contribution in [0, 0.1) is 11.3 Å². The minimum absolute atomic E-state index is 0.0314. The third kappa shape index (κ3) is 2.38. The van der Waals surface area contributed by atoms with Crippen LogP contribution >= 0.6 is 0 Å². The van der Waals surface area contributed by atoms with Gasteiger partial charge in [-0.1, -0.05) is 0 Å². The molecular formula is C11H11N3O4S. The van der Waals surface area contributed by atoms with Gasteiger partial charge in [-0.3, -0.25) is 9.45 Å². The van der Waals surface area contributed by atoms with Crippen LogP contribution in [-0.2, 0) is 10.1 Å². The molecule has 7 nitrogen and oxygen atoms in total. The Kier molecular flexibility index (Phi) is 3.18. The van der Waals surface area contributed by atoms with Gasteiger partial charge in [0.15, 0.2) is 0 Å². The summed E-state index contributed by atoms with van der Waals surface area (Å²) in [4.78, 5) is 12.5. The number of hydrogen-bond acceptors (Lipinski definition) is 4. The fourth-order valence-corrected chi connectivity index (χ4v) is 3.10. The number of carbonyl (C=O) groups is 1. The van der Waals surface area contributed by atoms with Crippen molar-refractivity contribution in [1.29, 1.82) is 5.26 Å². The van der Waals surface area contributed by atoms with Gasteiger partial charge in [-0.2, -0.15) is 13.7 Å². The Balaban J connectivity index is 2.64. The van der Waals surface area contributed by atoms with Crippen LogP contribution in [0.5, 0.6) is 0 Å². The maximum Gasteiger partial charge on any atom is 0.319 e. The molecule has 1 heterocycles. The molecular weight excluding hydrogens is 270 g/mol. The smallest absolute Gasteiger partial charge is 0.319 e. The molecule has 1 unspecified atom stereocenters. The van der Waals surface area contributed by atoms with Gasteiger partial charge in [0.2, 0.25) is 0 Å². The quantitative estimate of drug-likeness (QED) is 0.736. The Morgan fingerprint density at radius 3 is 2.74 bits per heavy atom. The first-order chi connectivity index (χ1) is 8.84. The molecule has 0 saturated carbocycles. The molecule has 1 atom stereocenters. The predicted molar refractivity (Wildman–Crippen MR) is 67.0 cm³/mol. The van der Waals surface area contributed by atoms with E-state index in [-0.39, 0.29) is 24.1 Å². The molecule has 0 fully saturated rings. The van der Waals surface area contributed by atoms with E-state index in [1.54, 1.807) is 0 Å². The molecule has 0 aliphatic carbocycles. The minimum atomic E-state index is -4.30. The van der Waals surface area contributed by atoms with Gasteiger partial charge in [0.05, 0.1) is 17.3 Å². The van der Waals surface area contributed by atoms with E-state index in [1.807, 2.05) is 6.07 Å². The molecule has 100 valence electrons. The van der Waals surface area contributed by atoms with Crippen molar-refractivity contribution >= 4 is 21.8 Å². The van der Waals surface area contributed by atoms with Crippen LogP contribution < -0.4 is 10.6 Å². The molecule has 3 N–H and O–H groups in total. The zero-order valence-electron chi connectivity index (χ0n) is 9.78. The van der Waals surface area contributed by atoms with Gasteiger partial charge in [0, 0.05) is 6.54 Å². The van der Waals surface area contributed by atoms with Gasteiger partial charge in [-0.15, -0.1) is 0 Å². The summed E-state index contributed by atoms with van der Waals surface area (Å²) in [6.07, 6.45) is 0.0314. The average Bonchev–Trinajstić information content (AvgIpc) is 2.35. The van der Waals surface area contributed by atoms with Crippen LogP contribution in [0.3, 0.4) is 0 Å². The Morgan fingerprint density at radius 1 is 1.53 bits per heavy atom. The Bertz CT molecular complexity index is 678. The number of rotatable bonds is 1. The third-order valence-corrected chi connectivity index (χ3v) is 4.24. The number of hydrogen-bond donors (Lipinski definition) is 2.